The Labute approximate surface area is 167 Å². The van der Waals surface area contributed by atoms with Crippen LogP contribution in [0.4, 0.5) is 5.69 Å². The summed E-state index contributed by atoms with van der Waals surface area (Å²) in [6, 6.07) is 13.5. The van der Waals surface area contributed by atoms with Gasteiger partial charge >= 0.3 is 0 Å². The summed E-state index contributed by atoms with van der Waals surface area (Å²) in [5.74, 6) is 0. The van der Waals surface area contributed by atoms with Gasteiger partial charge in [-0.15, -0.1) is 11.3 Å². The molecule has 0 radical (unpaired) electrons. The van der Waals surface area contributed by atoms with Crippen molar-refractivity contribution >= 4 is 37.1 Å². The Morgan fingerprint density at radius 1 is 1.04 bits per heavy atom. The molecule has 0 N–H and O–H groups in total. The average Bonchev–Trinajstić information content (AvgIpc) is 3.11. The summed E-state index contributed by atoms with van der Waals surface area (Å²) < 4.78 is 28.4. The van der Waals surface area contributed by atoms with Gasteiger partial charge in [0, 0.05) is 49.6 Å². The Balaban J connectivity index is 1.45. The van der Waals surface area contributed by atoms with E-state index in [4.69, 9.17) is 0 Å². The molecule has 146 valence electrons. The summed E-state index contributed by atoms with van der Waals surface area (Å²) in [4.78, 5) is 12.6. The van der Waals surface area contributed by atoms with Crippen LogP contribution in [0.5, 0.6) is 0 Å². The third-order valence-corrected chi connectivity index (χ3v) is 7.86. The second kappa shape index (κ2) is 7.59. The predicted octanol–water partition coefficient (Wildman–Crippen LogP) is 3.32. The molecule has 9 heteroatoms. The first-order valence-corrected chi connectivity index (χ1v) is 11.2. The minimum absolute atomic E-state index is 0.0287. The van der Waals surface area contributed by atoms with Crippen LogP contribution < -0.4 is 0 Å². The zero-order valence-electron chi connectivity index (χ0n) is 15.0. The van der Waals surface area contributed by atoms with E-state index in [1.54, 1.807) is 11.3 Å². The Bertz CT molecular complexity index is 1120. The normalized spacial score (nSPS) is 16.4. The van der Waals surface area contributed by atoms with E-state index in [-0.39, 0.29) is 10.6 Å². The van der Waals surface area contributed by atoms with E-state index in [2.05, 4.69) is 22.4 Å². The molecule has 0 saturated carbocycles. The summed E-state index contributed by atoms with van der Waals surface area (Å²) in [5, 5.41) is 14.3. The molecule has 1 aliphatic rings. The van der Waals surface area contributed by atoms with Crippen LogP contribution in [0.3, 0.4) is 0 Å². The van der Waals surface area contributed by atoms with Gasteiger partial charge in [0.15, 0.2) is 0 Å². The third kappa shape index (κ3) is 3.66. The number of piperazine rings is 1. The lowest BCUT2D eigenvalue weighted by Crippen LogP contribution is -2.48. The molecule has 0 unspecified atom stereocenters. The number of fused-ring (bicyclic) bond motifs is 1. The van der Waals surface area contributed by atoms with Crippen LogP contribution in [0.1, 0.15) is 5.56 Å². The number of hydrogen-bond donors (Lipinski definition) is 0. The second-order valence-corrected chi connectivity index (χ2v) is 9.54. The number of nitrogens with zero attached hydrogens (tertiary/aromatic N) is 3. The molecule has 1 fully saturated rings. The van der Waals surface area contributed by atoms with Crippen LogP contribution in [-0.2, 0) is 16.6 Å². The lowest BCUT2D eigenvalue weighted by atomic mass is 10.1. The monoisotopic (exact) mass is 417 g/mol. The Hall–Kier alpha value is -2.33. The van der Waals surface area contributed by atoms with E-state index in [0.717, 1.165) is 12.6 Å². The van der Waals surface area contributed by atoms with E-state index in [9.17, 15) is 18.5 Å². The molecule has 28 heavy (non-hydrogen) atoms. The Morgan fingerprint density at radius 3 is 2.54 bits per heavy atom. The zero-order valence-corrected chi connectivity index (χ0v) is 16.7. The minimum Gasteiger partial charge on any atom is -0.296 e. The average molecular weight is 418 g/mol. The Kier molecular flexibility index (Phi) is 5.15. The highest BCUT2D eigenvalue weighted by molar-refractivity contribution is 7.89. The van der Waals surface area contributed by atoms with Gasteiger partial charge in [-0.2, -0.15) is 4.31 Å². The van der Waals surface area contributed by atoms with Gasteiger partial charge in [0.1, 0.15) is 0 Å². The molecule has 0 bridgehead atoms. The quantitative estimate of drug-likeness (QED) is 0.470. The molecule has 2 heterocycles. The van der Waals surface area contributed by atoms with E-state index in [0.29, 0.717) is 26.2 Å². The van der Waals surface area contributed by atoms with E-state index >= 15 is 0 Å². The Morgan fingerprint density at radius 2 is 1.79 bits per heavy atom. The van der Waals surface area contributed by atoms with Crippen molar-refractivity contribution < 1.29 is 13.3 Å². The molecule has 1 saturated heterocycles. The molecule has 2 aromatic carbocycles. The van der Waals surface area contributed by atoms with Crippen LogP contribution in [0.15, 0.2) is 58.8 Å². The first-order chi connectivity index (χ1) is 13.4. The van der Waals surface area contributed by atoms with E-state index in [1.165, 1.54) is 38.2 Å². The van der Waals surface area contributed by atoms with Crippen LogP contribution in [0, 0.1) is 10.1 Å². The van der Waals surface area contributed by atoms with Crippen molar-refractivity contribution in [3.05, 3.63) is 69.6 Å². The summed E-state index contributed by atoms with van der Waals surface area (Å²) >= 11 is 1.72. The molecule has 7 nitrogen and oxygen atoms in total. The fraction of sp³-hybridized carbons (Fsp3) is 0.263. The maximum atomic E-state index is 12.8. The first kappa shape index (κ1) is 19.0. The van der Waals surface area contributed by atoms with Crippen molar-refractivity contribution in [3.63, 3.8) is 0 Å². The molecule has 0 spiro atoms. The van der Waals surface area contributed by atoms with Gasteiger partial charge in [-0.1, -0.05) is 24.3 Å². The van der Waals surface area contributed by atoms with Crippen LogP contribution in [-0.4, -0.2) is 48.7 Å². The first-order valence-electron chi connectivity index (χ1n) is 8.87. The fourth-order valence-corrected chi connectivity index (χ4v) is 5.85. The van der Waals surface area contributed by atoms with E-state index in [1.807, 2.05) is 12.1 Å². The van der Waals surface area contributed by atoms with Gasteiger partial charge in [0.25, 0.3) is 5.69 Å². The number of thiophene rings is 1. The standard InChI is InChI=1S/C19H19N3O4S2/c23-22(24)16-4-3-5-17(12-16)28(25,26)21-10-8-20(9-11-21)13-15-14-27-19-7-2-1-6-18(15)19/h1-7,12,14H,8-11,13H2. The van der Waals surface area contributed by atoms with Gasteiger partial charge in [0.05, 0.1) is 9.82 Å². The highest BCUT2D eigenvalue weighted by Gasteiger charge is 2.29. The number of sulfonamides is 1. The zero-order chi connectivity index (χ0) is 19.7. The summed E-state index contributed by atoms with van der Waals surface area (Å²) in [6.07, 6.45) is 0. The second-order valence-electron chi connectivity index (χ2n) is 6.69. The maximum absolute atomic E-state index is 12.8. The fourth-order valence-electron chi connectivity index (χ4n) is 3.43. The maximum Gasteiger partial charge on any atom is 0.270 e. The van der Waals surface area contributed by atoms with Gasteiger partial charge < -0.3 is 0 Å². The number of rotatable bonds is 5. The molecule has 0 amide bonds. The van der Waals surface area contributed by atoms with Crippen molar-refractivity contribution in [2.75, 3.05) is 26.2 Å². The number of nitro groups is 1. The molecule has 1 aliphatic heterocycles. The highest BCUT2D eigenvalue weighted by atomic mass is 32.2. The summed E-state index contributed by atoms with van der Waals surface area (Å²) in [7, 11) is -3.73. The van der Waals surface area contributed by atoms with Crippen LogP contribution in [0.2, 0.25) is 0 Å². The van der Waals surface area contributed by atoms with Crippen LogP contribution in [0.25, 0.3) is 10.1 Å². The smallest absolute Gasteiger partial charge is 0.270 e. The largest absolute Gasteiger partial charge is 0.296 e. The molecule has 3 aromatic rings. The highest BCUT2D eigenvalue weighted by Crippen LogP contribution is 2.27. The van der Waals surface area contributed by atoms with Gasteiger partial charge in [0.2, 0.25) is 10.0 Å². The molecule has 1 aromatic heterocycles. The minimum atomic E-state index is -3.73. The summed E-state index contributed by atoms with van der Waals surface area (Å²) in [6.45, 7) is 2.77. The molecule has 4 rings (SSSR count). The SMILES string of the molecule is O=[N+]([O-])c1cccc(S(=O)(=O)N2CCN(Cc3csc4ccccc34)CC2)c1. The molecule has 0 atom stereocenters. The number of non-ortho nitro benzene ring substituents is 1. The number of nitro benzene ring substituents is 1. The predicted molar refractivity (Wildman–Crippen MR) is 109 cm³/mol. The van der Waals surface area contributed by atoms with Gasteiger partial charge in [-0.3, -0.25) is 15.0 Å². The van der Waals surface area contributed by atoms with Crippen LogP contribution >= 0.6 is 11.3 Å². The van der Waals surface area contributed by atoms with Crippen molar-refractivity contribution in [3.8, 4) is 0 Å². The van der Waals surface area contributed by atoms with Crippen molar-refractivity contribution in [2.24, 2.45) is 0 Å². The molecular weight excluding hydrogens is 398 g/mol. The number of benzene rings is 2. The van der Waals surface area contributed by atoms with Gasteiger partial charge in [-0.05, 0) is 28.5 Å². The lowest BCUT2D eigenvalue weighted by molar-refractivity contribution is -0.385. The molecular formula is C19H19N3O4S2. The third-order valence-electron chi connectivity index (χ3n) is 4.95. The van der Waals surface area contributed by atoms with E-state index < -0.39 is 14.9 Å². The van der Waals surface area contributed by atoms with Crippen molar-refractivity contribution in [1.82, 2.24) is 9.21 Å². The van der Waals surface area contributed by atoms with Crippen molar-refractivity contribution in [1.29, 1.82) is 0 Å². The topological polar surface area (TPSA) is 83.8 Å². The van der Waals surface area contributed by atoms with Gasteiger partial charge in [-0.25, -0.2) is 8.42 Å². The van der Waals surface area contributed by atoms with Crippen molar-refractivity contribution in [2.45, 2.75) is 11.4 Å². The number of hydrogen-bond acceptors (Lipinski definition) is 6. The lowest BCUT2D eigenvalue weighted by Gasteiger charge is -2.33. The molecule has 0 aliphatic carbocycles. The summed E-state index contributed by atoms with van der Waals surface area (Å²) in [5.41, 5.74) is 1.04.